The predicted molar refractivity (Wildman–Crippen MR) is 80.9 cm³/mol. The lowest BCUT2D eigenvalue weighted by Crippen LogP contribution is -2.25. The van der Waals surface area contributed by atoms with Gasteiger partial charge in [0.05, 0.1) is 0 Å². The highest BCUT2D eigenvalue weighted by Crippen LogP contribution is 2.47. The van der Waals surface area contributed by atoms with E-state index in [1.165, 1.54) is 5.56 Å². The predicted octanol–water partition coefficient (Wildman–Crippen LogP) is 3.27. The standard InChI is InChI=1S/C17H23NO2/c1-3-6-17(19)18-12-14-11-16(14)13-7-5-8-15(10-13)20-9-4-2/h4-5,7-8,10,14,16H,2-3,6,9,11-12H2,1H3,(H,18,19). The molecule has 0 saturated heterocycles. The summed E-state index contributed by atoms with van der Waals surface area (Å²) in [5, 5.41) is 3.01. The highest BCUT2D eigenvalue weighted by molar-refractivity contribution is 5.75. The van der Waals surface area contributed by atoms with Gasteiger partial charge in [-0.2, -0.15) is 0 Å². The zero-order valence-electron chi connectivity index (χ0n) is 12.1. The third kappa shape index (κ3) is 4.12. The van der Waals surface area contributed by atoms with E-state index in [1.807, 2.05) is 19.1 Å². The summed E-state index contributed by atoms with van der Waals surface area (Å²) in [5.74, 6) is 2.19. The van der Waals surface area contributed by atoms with Crippen molar-refractivity contribution in [3.8, 4) is 5.75 Å². The van der Waals surface area contributed by atoms with Gasteiger partial charge in [0.1, 0.15) is 12.4 Å². The molecule has 0 heterocycles. The first-order valence-corrected chi connectivity index (χ1v) is 7.35. The minimum Gasteiger partial charge on any atom is -0.490 e. The van der Waals surface area contributed by atoms with Crippen molar-refractivity contribution in [1.29, 1.82) is 0 Å². The second-order valence-electron chi connectivity index (χ2n) is 5.33. The average Bonchev–Trinajstić information content (AvgIpc) is 3.23. The van der Waals surface area contributed by atoms with Crippen LogP contribution in [0.5, 0.6) is 5.75 Å². The minimum atomic E-state index is 0.168. The third-order valence-electron chi connectivity index (χ3n) is 3.62. The SMILES string of the molecule is C=CCOc1cccc(C2CC2CNC(=O)CCC)c1. The van der Waals surface area contributed by atoms with Crippen molar-refractivity contribution >= 4 is 5.91 Å². The van der Waals surface area contributed by atoms with Gasteiger partial charge in [0.25, 0.3) is 0 Å². The van der Waals surface area contributed by atoms with Gasteiger partial charge < -0.3 is 10.1 Å². The molecule has 108 valence electrons. The van der Waals surface area contributed by atoms with Crippen LogP contribution >= 0.6 is 0 Å². The van der Waals surface area contributed by atoms with E-state index < -0.39 is 0 Å². The number of carbonyl (C=O) groups is 1. The Morgan fingerprint density at radius 1 is 1.55 bits per heavy atom. The molecule has 1 saturated carbocycles. The lowest BCUT2D eigenvalue weighted by molar-refractivity contribution is -0.121. The van der Waals surface area contributed by atoms with Gasteiger partial charge >= 0.3 is 0 Å². The molecule has 1 N–H and O–H groups in total. The number of ether oxygens (including phenoxy) is 1. The number of amides is 1. The van der Waals surface area contributed by atoms with E-state index in [4.69, 9.17) is 4.74 Å². The summed E-state index contributed by atoms with van der Waals surface area (Å²) in [6.45, 7) is 7.00. The van der Waals surface area contributed by atoms with E-state index in [2.05, 4.69) is 24.0 Å². The van der Waals surface area contributed by atoms with Crippen LogP contribution in [0.15, 0.2) is 36.9 Å². The van der Waals surface area contributed by atoms with E-state index in [0.29, 0.717) is 24.9 Å². The minimum absolute atomic E-state index is 0.168. The molecule has 1 aliphatic rings. The Labute approximate surface area is 121 Å². The van der Waals surface area contributed by atoms with Crippen LogP contribution in [0.2, 0.25) is 0 Å². The first-order chi connectivity index (χ1) is 9.74. The average molecular weight is 273 g/mol. The molecule has 0 bridgehead atoms. The van der Waals surface area contributed by atoms with Crippen LogP contribution in [0, 0.1) is 5.92 Å². The van der Waals surface area contributed by atoms with E-state index in [0.717, 1.165) is 25.1 Å². The van der Waals surface area contributed by atoms with Crippen molar-refractivity contribution in [2.45, 2.75) is 32.1 Å². The smallest absolute Gasteiger partial charge is 0.219 e. The van der Waals surface area contributed by atoms with Gasteiger partial charge in [0.15, 0.2) is 0 Å². The van der Waals surface area contributed by atoms with Crippen LogP contribution in [-0.2, 0) is 4.79 Å². The summed E-state index contributed by atoms with van der Waals surface area (Å²) >= 11 is 0. The molecule has 1 fully saturated rings. The van der Waals surface area contributed by atoms with E-state index in [9.17, 15) is 4.79 Å². The Morgan fingerprint density at radius 3 is 3.15 bits per heavy atom. The van der Waals surface area contributed by atoms with Crippen LogP contribution < -0.4 is 10.1 Å². The van der Waals surface area contributed by atoms with Crippen LogP contribution in [0.3, 0.4) is 0 Å². The van der Waals surface area contributed by atoms with E-state index in [1.54, 1.807) is 6.08 Å². The summed E-state index contributed by atoms with van der Waals surface area (Å²) in [5.41, 5.74) is 1.31. The fraction of sp³-hybridized carbons (Fsp3) is 0.471. The first-order valence-electron chi connectivity index (χ1n) is 7.35. The monoisotopic (exact) mass is 273 g/mol. The van der Waals surface area contributed by atoms with Gasteiger partial charge in [-0.1, -0.05) is 31.7 Å². The van der Waals surface area contributed by atoms with Crippen molar-refractivity contribution in [2.24, 2.45) is 5.92 Å². The van der Waals surface area contributed by atoms with Crippen molar-refractivity contribution < 1.29 is 9.53 Å². The molecule has 2 atom stereocenters. The highest BCUT2D eigenvalue weighted by Gasteiger charge is 2.38. The number of hydrogen-bond donors (Lipinski definition) is 1. The molecule has 1 aliphatic carbocycles. The first kappa shape index (κ1) is 14.6. The van der Waals surface area contributed by atoms with Crippen molar-refractivity contribution in [3.63, 3.8) is 0 Å². The third-order valence-corrected chi connectivity index (χ3v) is 3.62. The summed E-state index contributed by atoms with van der Waals surface area (Å²) in [4.78, 5) is 11.5. The summed E-state index contributed by atoms with van der Waals surface area (Å²) < 4.78 is 5.55. The molecule has 0 spiro atoms. The molecular formula is C17H23NO2. The normalized spacial score (nSPS) is 20.2. The Bertz CT molecular complexity index is 470. The number of nitrogens with one attached hydrogen (secondary N) is 1. The second kappa shape index (κ2) is 7.13. The lowest BCUT2D eigenvalue weighted by Gasteiger charge is -2.07. The molecule has 1 aromatic carbocycles. The molecule has 3 heteroatoms. The molecule has 1 amide bonds. The number of benzene rings is 1. The van der Waals surface area contributed by atoms with E-state index in [-0.39, 0.29) is 5.91 Å². The fourth-order valence-electron chi connectivity index (χ4n) is 2.43. The van der Waals surface area contributed by atoms with Gasteiger partial charge in [-0.3, -0.25) is 4.79 Å². The molecule has 0 aliphatic heterocycles. The Hall–Kier alpha value is -1.77. The lowest BCUT2D eigenvalue weighted by atomic mass is 10.1. The quantitative estimate of drug-likeness (QED) is 0.738. The van der Waals surface area contributed by atoms with Crippen molar-refractivity contribution in [3.05, 3.63) is 42.5 Å². The molecule has 3 nitrogen and oxygen atoms in total. The van der Waals surface area contributed by atoms with E-state index >= 15 is 0 Å². The van der Waals surface area contributed by atoms with Crippen LogP contribution in [-0.4, -0.2) is 19.1 Å². The Balaban J connectivity index is 1.82. The zero-order chi connectivity index (χ0) is 14.4. The molecule has 0 aromatic heterocycles. The summed E-state index contributed by atoms with van der Waals surface area (Å²) in [6.07, 6.45) is 4.43. The molecule has 20 heavy (non-hydrogen) atoms. The Kier molecular flexibility index (Phi) is 5.22. The van der Waals surface area contributed by atoms with Gasteiger partial charge in [-0.15, -0.1) is 0 Å². The molecular weight excluding hydrogens is 250 g/mol. The number of carbonyl (C=O) groups excluding carboxylic acids is 1. The molecule has 2 rings (SSSR count). The summed E-state index contributed by atoms with van der Waals surface area (Å²) in [6, 6.07) is 8.23. The van der Waals surface area contributed by atoms with Gasteiger partial charge in [0, 0.05) is 13.0 Å². The number of hydrogen-bond acceptors (Lipinski definition) is 2. The Morgan fingerprint density at radius 2 is 2.40 bits per heavy atom. The van der Waals surface area contributed by atoms with Crippen molar-refractivity contribution in [1.82, 2.24) is 5.32 Å². The molecule has 1 aromatic rings. The fourth-order valence-corrected chi connectivity index (χ4v) is 2.43. The molecule has 0 radical (unpaired) electrons. The number of rotatable bonds is 8. The van der Waals surface area contributed by atoms with Crippen molar-refractivity contribution in [2.75, 3.05) is 13.2 Å². The topological polar surface area (TPSA) is 38.3 Å². The van der Waals surface area contributed by atoms with Gasteiger partial charge in [-0.05, 0) is 42.4 Å². The maximum absolute atomic E-state index is 11.5. The maximum Gasteiger partial charge on any atom is 0.219 e. The molecule has 2 unspecified atom stereocenters. The van der Waals surface area contributed by atoms with Crippen LogP contribution in [0.4, 0.5) is 0 Å². The highest BCUT2D eigenvalue weighted by atomic mass is 16.5. The van der Waals surface area contributed by atoms with Crippen LogP contribution in [0.25, 0.3) is 0 Å². The maximum atomic E-state index is 11.5. The second-order valence-corrected chi connectivity index (χ2v) is 5.33. The van der Waals surface area contributed by atoms with Crippen LogP contribution in [0.1, 0.15) is 37.7 Å². The van der Waals surface area contributed by atoms with Gasteiger partial charge in [-0.25, -0.2) is 0 Å². The largest absolute Gasteiger partial charge is 0.490 e. The summed E-state index contributed by atoms with van der Waals surface area (Å²) in [7, 11) is 0. The zero-order valence-corrected chi connectivity index (χ0v) is 12.1. The van der Waals surface area contributed by atoms with Gasteiger partial charge in [0.2, 0.25) is 5.91 Å².